The van der Waals surface area contributed by atoms with E-state index in [9.17, 15) is 9.59 Å². The molecule has 1 aromatic heterocycles. The third kappa shape index (κ3) is 5.28. The van der Waals surface area contributed by atoms with Crippen molar-refractivity contribution in [3.8, 4) is 5.75 Å². The molecule has 0 spiro atoms. The van der Waals surface area contributed by atoms with Gasteiger partial charge in [0.2, 0.25) is 0 Å². The summed E-state index contributed by atoms with van der Waals surface area (Å²) in [6.45, 7) is 4.94. The Kier molecular flexibility index (Phi) is 6.84. The monoisotopic (exact) mass is 462 g/mol. The molecule has 2 aromatic carbocycles. The van der Waals surface area contributed by atoms with Gasteiger partial charge in [0.05, 0.1) is 12.8 Å². The minimum Gasteiger partial charge on any atom is -0.497 e. The van der Waals surface area contributed by atoms with Crippen LogP contribution in [0, 0.1) is 13.8 Å². The van der Waals surface area contributed by atoms with Crippen LogP contribution in [0.1, 0.15) is 27.2 Å². The van der Waals surface area contributed by atoms with Gasteiger partial charge in [-0.2, -0.15) is 0 Å². The lowest BCUT2D eigenvalue weighted by molar-refractivity contribution is 0.0951. The topological polar surface area (TPSA) is 83.6 Å². The zero-order valence-electron chi connectivity index (χ0n) is 18.8. The molecule has 1 aliphatic heterocycles. The molecular weight excluding hydrogens is 436 g/mol. The number of rotatable bonds is 5. The second-order valence-electron chi connectivity index (χ2n) is 7.78. The van der Waals surface area contributed by atoms with Crippen LogP contribution in [0.4, 0.5) is 16.2 Å². The molecule has 0 fully saturated rings. The van der Waals surface area contributed by atoms with Gasteiger partial charge in [-0.3, -0.25) is 9.69 Å². The Morgan fingerprint density at radius 2 is 1.91 bits per heavy atom. The van der Waals surface area contributed by atoms with Crippen LogP contribution in [0.5, 0.6) is 5.75 Å². The SMILES string of the molecule is COc1ccc(CNC(=O)c2cccc(NC(=O)N3CCSc4nc(C)cc(C)c43)c2)cc1. The van der Waals surface area contributed by atoms with Crippen molar-refractivity contribution in [1.82, 2.24) is 10.3 Å². The number of hydrogen-bond donors (Lipinski definition) is 2. The van der Waals surface area contributed by atoms with Gasteiger partial charge in [-0.25, -0.2) is 9.78 Å². The third-order valence-corrected chi connectivity index (χ3v) is 6.28. The highest BCUT2D eigenvalue weighted by atomic mass is 32.2. The Labute approximate surface area is 197 Å². The minimum atomic E-state index is -0.235. The second-order valence-corrected chi connectivity index (χ2v) is 8.86. The van der Waals surface area contributed by atoms with Crippen molar-refractivity contribution < 1.29 is 14.3 Å². The maximum atomic E-state index is 13.1. The van der Waals surface area contributed by atoms with Crippen LogP contribution >= 0.6 is 11.8 Å². The van der Waals surface area contributed by atoms with Gasteiger partial charge in [-0.05, 0) is 61.4 Å². The van der Waals surface area contributed by atoms with Crippen LogP contribution in [-0.2, 0) is 6.54 Å². The molecule has 170 valence electrons. The number of carbonyl (C=O) groups is 2. The van der Waals surface area contributed by atoms with Gasteiger partial charge in [0.25, 0.3) is 5.91 Å². The van der Waals surface area contributed by atoms with Crippen molar-refractivity contribution in [3.63, 3.8) is 0 Å². The standard InChI is InChI=1S/C25H26N4O3S/c1-16-13-17(2)27-24-22(16)29(11-12-33-24)25(31)28-20-6-4-5-19(14-20)23(30)26-15-18-7-9-21(32-3)10-8-18/h4-10,13-14H,11-12,15H2,1-3H3,(H,26,30)(H,28,31). The van der Waals surface area contributed by atoms with Gasteiger partial charge in [0.1, 0.15) is 10.8 Å². The average Bonchev–Trinajstić information content (AvgIpc) is 2.82. The summed E-state index contributed by atoms with van der Waals surface area (Å²) >= 11 is 1.66. The maximum absolute atomic E-state index is 13.1. The van der Waals surface area contributed by atoms with E-state index < -0.39 is 0 Å². The summed E-state index contributed by atoms with van der Waals surface area (Å²) in [6.07, 6.45) is 0. The Morgan fingerprint density at radius 1 is 1.12 bits per heavy atom. The van der Waals surface area contributed by atoms with Crippen molar-refractivity contribution in [2.45, 2.75) is 25.4 Å². The summed E-state index contributed by atoms with van der Waals surface area (Å²) < 4.78 is 5.15. The van der Waals surface area contributed by atoms with Crippen LogP contribution in [0.3, 0.4) is 0 Å². The predicted octanol–water partition coefficient (Wildman–Crippen LogP) is 4.78. The van der Waals surface area contributed by atoms with Crippen molar-refractivity contribution in [1.29, 1.82) is 0 Å². The molecule has 0 radical (unpaired) electrons. The predicted molar refractivity (Wildman–Crippen MR) is 131 cm³/mol. The minimum absolute atomic E-state index is 0.211. The Balaban J connectivity index is 1.43. The number of thioether (sulfide) groups is 1. The van der Waals surface area contributed by atoms with Crippen LogP contribution in [0.2, 0.25) is 0 Å². The summed E-state index contributed by atoms with van der Waals surface area (Å²) in [6, 6.07) is 16.2. The van der Waals surface area contributed by atoms with Crippen molar-refractivity contribution in [2.75, 3.05) is 29.6 Å². The molecule has 0 bridgehead atoms. The summed E-state index contributed by atoms with van der Waals surface area (Å²) in [5, 5.41) is 6.72. The van der Waals surface area contributed by atoms with E-state index >= 15 is 0 Å². The Bertz CT molecular complexity index is 1180. The van der Waals surface area contributed by atoms with Crippen LogP contribution < -0.4 is 20.3 Å². The smallest absolute Gasteiger partial charge is 0.326 e. The Morgan fingerprint density at radius 3 is 2.67 bits per heavy atom. The number of aryl methyl sites for hydroxylation is 2. The number of urea groups is 1. The number of carbonyl (C=O) groups excluding carboxylic acids is 2. The molecule has 0 saturated heterocycles. The number of pyridine rings is 1. The molecule has 1 aliphatic rings. The number of nitrogens with zero attached hydrogens (tertiary/aromatic N) is 2. The van der Waals surface area contributed by atoms with E-state index in [2.05, 4.69) is 15.6 Å². The highest BCUT2D eigenvalue weighted by molar-refractivity contribution is 7.99. The van der Waals surface area contributed by atoms with Gasteiger partial charge >= 0.3 is 6.03 Å². The van der Waals surface area contributed by atoms with Gasteiger partial charge in [-0.1, -0.05) is 18.2 Å². The van der Waals surface area contributed by atoms with Gasteiger partial charge < -0.3 is 15.4 Å². The van der Waals surface area contributed by atoms with Crippen molar-refractivity contribution >= 4 is 35.1 Å². The first kappa shape index (κ1) is 22.7. The van der Waals surface area contributed by atoms with Crippen LogP contribution in [-0.4, -0.2) is 36.3 Å². The fourth-order valence-corrected chi connectivity index (χ4v) is 4.81. The molecule has 0 saturated carbocycles. The van der Waals surface area contributed by atoms with E-state index in [1.165, 1.54) is 0 Å². The number of ether oxygens (including phenoxy) is 1. The number of methoxy groups -OCH3 is 1. The molecule has 2 N–H and O–H groups in total. The van der Waals surface area contributed by atoms with E-state index in [-0.39, 0.29) is 11.9 Å². The first-order valence-electron chi connectivity index (χ1n) is 10.7. The molecule has 0 unspecified atom stereocenters. The largest absolute Gasteiger partial charge is 0.497 e. The summed E-state index contributed by atoms with van der Waals surface area (Å²) in [5.74, 6) is 1.34. The van der Waals surface area contributed by atoms with Gasteiger partial charge in [-0.15, -0.1) is 11.8 Å². The van der Waals surface area contributed by atoms with Crippen LogP contribution in [0.15, 0.2) is 59.6 Å². The maximum Gasteiger partial charge on any atom is 0.326 e. The number of benzene rings is 2. The zero-order valence-corrected chi connectivity index (χ0v) is 19.7. The highest BCUT2D eigenvalue weighted by Crippen LogP contribution is 2.36. The van der Waals surface area contributed by atoms with Crippen molar-refractivity contribution in [2.24, 2.45) is 0 Å². The lowest BCUT2D eigenvalue weighted by atomic mass is 10.1. The second kappa shape index (κ2) is 9.95. The molecule has 7 nitrogen and oxygen atoms in total. The molecule has 2 heterocycles. The summed E-state index contributed by atoms with van der Waals surface area (Å²) in [7, 11) is 1.62. The van der Waals surface area contributed by atoms with E-state index in [0.717, 1.165) is 39.0 Å². The average molecular weight is 463 g/mol. The number of anilines is 2. The zero-order chi connectivity index (χ0) is 23.4. The number of amides is 3. The lowest BCUT2D eigenvalue weighted by Crippen LogP contribution is -2.39. The molecule has 3 amide bonds. The number of fused-ring (bicyclic) bond motifs is 1. The Hall–Kier alpha value is -3.52. The van der Waals surface area contributed by atoms with Gasteiger partial charge in [0.15, 0.2) is 0 Å². The third-order valence-electron chi connectivity index (χ3n) is 5.34. The lowest BCUT2D eigenvalue weighted by Gasteiger charge is -2.30. The van der Waals surface area contributed by atoms with Crippen molar-refractivity contribution in [3.05, 3.63) is 77.0 Å². The molecule has 4 rings (SSSR count). The van der Waals surface area contributed by atoms with Gasteiger partial charge in [0, 0.05) is 35.8 Å². The molecular formula is C25H26N4O3S. The molecule has 0 atom stereocenters. The number of nitrogens with one attached hydrogen (secondary N) is 2. The first-order valence-corrected chi connectivity index (χ1v) is 11.6. The summed E-state index contributed by atoms with van der Waals surface area (Å²) in [5.41, 5.74) is 4.82. The number of aromatic nitrogens is 1. The molecule has 0 aliphatic carbocycles. The highest BCUT2D eigenvalue weighted by Gasteiger charge is 2.26. The van der Waals surface area contributed by atoms with E-state index in [4.69, 9.17) is 4.74 Å². The first-order chi connectivity index (χ1) is 15.9. The fraction of sp³-hybridized carbons (Fsp3) is 0.240. The molecule has 3 aromatic rings. The quantitative estimate of drug-likeness (QED) is 0.570. The van der Waals surface area contributed by atoms with E-state index in [0.29, 0.717) is 24.3 Å². The normalized spacial score (nSPS) is 12.6. The van der Waals surface area contributed by atoms with Crippen LogP contribution in [0.25, 0.3) is 0 Å². The molecule has 33 heavy (non-hydrogen) atoms. The van der Waals surface area contributed by atoms with E-state index in [1.54, 1.807) is 48.0 Å². The fourth-order valence-electron chi connectivity index (χ4n) is 3.73. The number of hydrogen-bond acceptors (Lipinski definition) is 5. The van der Waals surface area contributed by atoms with E-state index in [1.807, 2.05) is 44.2 Å². The summed E-state index contributed by atoms with van der Waals surface area (Å²) in [4.78, 5) is 32.0. The molecule has 8 heteroatoms.